The van der Waals surface area contributed by atoms with Gasteiger partial charge in [-0.2, -0.15) is 0 Å². The van der Waals surface area contributed by atoms with Crippen molar-refractivity contribution in [2.24, 2.45) is 0 Å². The Morgan fingerprint density at radius 1 is 0.759 bits per heavy atom. The molecule has 0 aromatic heterocycles. The third-order valence-electron chi connectivity index (χ3n) is 5.24. The van der Waals surface area contributed by atoms with Crippen LogP contribution in [0.5, 0.6) is 5.75 Å². The average Bonchev–Trinajstić information content (AvgIpc) is 2.75. The number of allylic oxidation sites excluding steroid dienone is 1. The van der Waals surface area contributed by atoms with E-state index in [1.807, 2.05) is 60.7 Å². The molecule has 1 unspecified atom stereocenters. The fourth-order valence-electron chi connectivity index (χ4n) is 3.73. The third kappa shape index (κ3) is 3.28. The van der Waals surface area contributed by atoms with Crippen LogP contribution in [0.4, 0.5) is 0 Å². The molecule has 3 aromatic carbocycles. The first-order valence-corrected chi connectivity index (χ1v) is 10.7. The number of aliphatic hydroxyl groups is 1. The van der Waals surface area contributed by atoms with Crippen LogP contribution in [0.3, 0.4) is 0 Å². The quantitative estimate of drug-likeness (QED) is 0.690. The summed E-state index contributed by atoms with van der Waals surface area (Å²) in [7, 11) is -3.84. The highest BCUT2D eigenvalue weighted by Crippen LogP contribution is 2.42. The Balaban J connectivity index is 1.95. The normalized spacial score (nSPS) is 18.2. The molecule has 0 amide bonds. The first kappa shape index (κ1) is 19.2. The van der Waals surface area contributed by atoms with Crippen molar-refractivity contribution >= 4 is 9.84 Å². The monoisotopic (exact) mass is 404 g/mol. The molecule has 1 atom stereocenters. The molecule has 5 heteroatoms. The SMILES string of the molecule is O=S(=O)(C1=CC(c2ccccc2)(c2ccccc2)C(O)C=C1)c1ccc(O)cc1. The summed E-state index contributed by atoms with van der Waals surface area (Å²) in [6.07, 6.45) is 3.65. The Morgan fingerprint density at radius 3 is 1.79 bits per heavy atom. The minimum atomic E-state index is -3.84. The first-order valence-electron chi connectivity index (χ1n) is 9.19. The number of phenolic OH excluding ortho intramolecular Hbond substituents is 1. The number of phenols is 1. The van der Waals surface area contributed by atoms with E-state index < -0.39 is 21.4 Å². The van der Waals surface area contributed by atoms with Crippen molar-refractivity contribution in [1.29, 1.82) is 0 Å². The predicted octanol–water partition coefficient (Wildman–Crippen LogP) is 3.97. The largest absolute Gasteiger partial charge is 0.508 e. The average molecular weight is 404 g/mol. The highest BCUT2D eigenvalue weighted by molar-refractivity contribution is 7.95. The van der Waals surface area contributed by atoms with Crippen molar-refractivity contribution in [3.8, 4) is 5.75 Å². The van der Waals surface area contributed by atoms with Gasteiger partial charge in [0.15, 0.2) is 0 Å². The van der Waals surface area contributed by atoms with Gasteiger partial charge in [0.05, 0.1) is 21.3 Å². The number of hydrogen-bond acceptors (Lipinski definition) is 4. The lowest BCUT2D eigenvalue weighted by Gasteiger charge is -2.38. The second-order valence-corrected chi connectivity index (χ2v) is 8.90. The number of rotatable bonds is 4. The standard InChI is InChI=1S/C24H20O4S/c25-20-11-13-21(14-12-20)29(27,28)22-15-16-23(26)24(17-22,18-7-3-1-4-8-18)19-9-5-2-6-10-19/h1-17,23,25-26H. The van der Waals surface area contributed by atoms with Crippen LogP contribution in [0.25, 0.3) is 0 Å². The van der Waals surface area contributed by atoms with E-state index in [4.69, 9.17) is 0 Å². The van der Waals surface area contributed by atoms with E-state index in [9.17, 15) is 18.6 Å². The number of aliphatic hydroxyl groups excluding tert-OH is 1. The lowest BCUT2D eigenvalue weighted by Crippen LogP contribution is -2.40. The van der Waals surface area contributed by atoms with E-state index in [0.717, 1.165) is 11.1 Å². The minimum Gasteiger partial charge on any atom is -0.508 e. The van der Waals surface area contributed by atoms with E-state index >= 15 is 0 Å². The summed E-state index contributed by atoms with van der Waals surface area (Å²) in [5.74, 6) is -0.00421. The molecule has 2 N–H and O–H groups in total. The van der Waals surface area contributed by atoms with Crippen LogP contribution >= 0.6 is 0 Å². The Labute approximate surface area is 170 Å². The zero-order valence-electron chi connectivity index (χ0n) is 15.5. The molecule has 0 heterocycles. The molecule has 3 aromatic rings. The van der Waals surface area contributed by atoms with Crippen LogP contribution in [-0.2, 0) is 15.3 Å². The lowest BCUT2D eigenvalue weighted by molar-refractivity contribution is 0.169. The zero-order valence-corrected chi connectivity index (χ0v) is 16.3. The topological polar surface area (TPSA) is 74.6 Å². The van der Waals surface area contributed by atoms with Crippen molar-refractivity contribution in [2.45, 2.75) is 16.4 Å². The molecule has 29 heavy (non-hydrogen) atoms. The smallest absolute Gasteiger partial charge is 0.206 e. The van der Waals surface area contributed by atoms with Crippen LogP contribution in [0.2, 0.25) is 0 Å². The van der Waals surface area contributed by atoms with Crippen molar-refractivity contribution < 1.29 is 18.6 Å². The zero-order chi connectivity index (χ0) is 20.5. The molecule has 146 valence electrons. The second kappa shape index (κ2) is 7.35. The number of benzene rings is 3. The first-order chi connectivity index (χ1) is 13.9. The highest BCUT2D eigenvalue weighted by Gasteiger charge is 2.42. The summed E-state index contributed by atoms with van der Waals surface area (Å²) in [5, 5.41) is 20.5. The molecule has 1 aliphatic rings. The molecule has 1 aliphatic carbocycles. The highest BCUT2D eigenvalue weighted by atomic mass is 32.2. The summed E-state index contributed by atoms with van der Waals surface area (Å²) >= 11 is 0. The van der Waals surface area contributed by atoms with Crippen LogP contribution in [0.15, 0.2) is 113 Å². The summed E-state index contributed by atoms with van der Waals surface area (Å²) in [6, 6.07) is 24.2. The fraction of sp³-hybridized carbons (Fsp3) is 0.0833. The van der Waals surface area contributed by atoms with Crippen molar-refractivity contribution in [2.75, 3.05) is 0 Å². The van der Waals surface area contributed by atoms with Gasteiger partial charge in [-0.1, -0.05) is 66.7 Å². The van der Waals surface area contributed by atoms with Gasteiger partial charge in [-0.05, 0) is 47.5 Å². The van der Waals surface area contributed by atoms with Gasteiger partial charge in [0.25, 0.3) is 0 Å². The molecular formula is C24H20O4S. The van der Waals surface area contributed by atoms with Gasteiger partial charge < -0.3 is 10.2 Å². The molecule has 0 aliphatic heterocycles. The van der Waals surface area contributed by atoms with Gasteiger partial charge in [0.1, 0.15) is 5.75 Å². The Hall–Kier alpha value is -3.15. The van der Waals surface area contributed by atoms with Gasteiger partial charge in [-0.25, -0.2) is 8.42 Å². The van der Waals surface area contributed by atoms with Crippen LogP contribution in [0.1, 0.15) is 11.1 Å². The van der Waals surface area contributed by atoms with Crippen molar-refractivity contribution in [3.63, 3.8) is 0 Å². The maximum Gasteiger partial charge on any atom is 0.206 e. The molecule has 0 bridgehead atoms. The lowest BCUT2D eigenvalue weighted by atomic mass is 9.68. The minimum absolute atomic E-state index is 0.00421. The summed E-state index contributed by atoms with van der Waals surface area (Å²) in [4.78, 5) is 0.179. The van der Waals surface area contributed by atoms with Crippen LogP contribution in [0, 0.1) is 0 Å². The molecule has 4 nitrogen and oxygen atoms in total. The van der Waals surface area contributed by atoms with E-state index in [1.165, 1.54) is 36.4 Å². The van der Waals surface area contributed by atoms with E-state index in [0.29, 0.717) is 0 Å². The Morgan fingerprint density at radius 2 is 1.28 bits per heavy atom. The molecule has 0 saturated carbocycles. The van der Waals surface area contributed by atoms with Crippen molar-refractivity contribution in [1.82, 2.24) is 0 Å². The maximum absolute atomic E-state index is 13.3. The molecule has 0 saturated heterocycles. The molecule has 0 fully saturated rings. The number of sulfone groups is 1. The van der Waals surface area contributed by atoms with Gasteiger partial charge in [-0.15, -0.1) is 0 Å². The van der Waals surface area contributed by atoms with Crippen LogP contribution in [-0.4, -0.2) is 24.7 Å². The summed E-state index contributed by atoms with van der Waals surface area (Å²) in [5.41, 5.74) is 0.541. The second-order valence-electron chi connectivity index (χ2n) is 6.95. The molecular weight excluding hydrogens is 384 g/mol. The maximum atomic E-state index is 13.3. The third-order valence-corrected chi connectivity index (χ3v) is 7.01. The van der Waals surface area contributed by atoms with E-state index in [1.54, 1.807) is 6.08 Å². The van der Waals surface area contributed by atoms with Gasteiger partial charge in [0.2, 0.25) is 9.84 Å². The van der Waals surface area contributed by atoms with Gasteiger partial charge >= 0.3 is 0 Å². The number of hydrogen-bond donors (Lipinski definition) is 2. The van der Waals surface area contributed by atoms with Gasteiger partial charge in [0, 0.05) is 0 Å². The van der Waals surface area contributed by atoms with Crippen LogP contribution < -0.4 is 0 Å². The predicted molar refractivity (Wildman–Crippen MR) is 112 cm³/mol. The van der Waals surface area contributed by atoms with E-state index in [2.05, 4.69) is 0 Å². The summed E-state index contributed by atoms with van der Waals surface area (Å²) < 4.78 is 26.5. The molecule has 4 rings (SSSR count). The number of aromatic hydroxyl groups is 1. The Bertz CT molecular complexity index is 1120. The molecule has 0 radical (unpaired) electrons. The summed E-state index contributed by atoms with van der Waals surface area (Å²) in [6.45, 7) is 0. The molecule has 0 spiro atoms. The fourth-order valence-corrected chi connectivity index (χ4v) is 5.09. The van der Waals surface area contributed by atoms with E-state index in [-0.39, 0.29) is 15.6 Å². The Kier molecular flexibility index (Phi) is 4.86. The van der Waals surface area contributed by atoms with Crippen molar-refractivity contribution in [3.05, 3.63) is 119 Å². The van der Waals surface area contributed by atoms with Gasteiger partial charge in [-0.3, -0.25) is 0 Å².